The van der Waals surface area contributed by atoms with Crippen molar-refractivity contribution in [2.75, 3.05) is 5.88 Å². The van der Waals surface area contributed by atoms with Crippen LogP contribution < -0.4 is 0 Å². The largest absolute Gasteiger partial charge is 0.327 e. The van der Waals surface area contributed by atoms with E-state index in [1.54, 1.807) is 0 Å². The van der Waals surface area contributed by atoms with Crippen molar-refractivity contribution in [3.8, 4) is 0 Å². The van der Waals surface area contributed by atoms with Crippen LogP contribution in [-0.4, -0.2) is 15.4 Å². The molecule has 0 bridgehead atoms. The van der Waals surface area contributed by atoms with E-state index in [9.17, 15) is 0 Å². The van der Waals surface area contributed by atoms with Crippen molar-refractivity contribution in [2.24, 2.45) is 11.3 Å². The van der Waals surface area contributed by atoms with E-state index in [4.69, 9.17) is 28.2 Å². The zero-order valence-electron chi connectivity index (χ0n) is 12.0. The van der Waals surface area contributed by atoms with Crippen LogP contribution in [0.4, 0.5) is 0 Å². The molecular formula is C16H20Cl2N2. The second-order valence-corrected chi connectivity index (χ2v) is 7.02. The van der Waals surface area contributed by atoms with E-state index >= 15 is 0 Å². The molecule has 0 amide bonds. The molecule has 0 aliphatic heterocycles. The molecule has 1 aromatic heterocycles. The molecule has 0 unspecified atom stereocenters. The Morgan fingerprint density at radius 1 is 1.35 bits per heavy atom. The number of imidazole rings is 1. The summed E-state index contributed by atoms with van der Waals surface area (Å²) in [6.07, 6.45) is 3.44. The first-order chi connectivity index (χ1) is 9.55. The summed E-state index contributed by atoms with van der Waals surface area (Å²) in [4.78, 5) is 4.73. The van der Waals surface area contributed by atoms with E-state index in [1.807, 2.05) is 12.1 Å². The van der Waals surface area contributed by atoms with Crippen LogP contribution in [0.15, 0.2) is 18.2 Å². The summed E-state index contributed by atoms with van der Waals surface area (Å²) in [6, 6.07) is 5.97. The lowest BCUT2D eigenvalue weighted by Crippen LogP contribution is -2.19. The maximum Gasteiger partial charge on any atom is 0.111 e. The molecule has 0 spiro atoms. The van der Waals surface area contributed by atoms with Crippen molar-refractivity contribution in [3.05, 3.63) is 29.0 Å². The summed E-state index contributed by atoms with van der Waals surface area (Å²) in [6.45, 7) is 5.70. The average molecular weight is 311 g/mol. The normalized spacial score (nSPS) is 17.1. The first-order valence-corrected chi connectivity index (χ1v) is 8.18. The number of aryl methyl sites for hydroxylation is 1. The van der Waals surface area contributed by atoms with Gasteiger partial charge in [0.2, 0.25) is 0 Å². The van der Waals surface area contributed by atoms with Gasteiger partial charge in [0.15, 0.2) is 0 Å². The Morgan fingerprint density at radius 3 is 2.70 bits per heavy atom. The third kappa shape index (κ3) is 2.44. The van der Waals surface area contributed by atoms with Gasteiger partial charge >= 0.3 is 0 Å². The zero-order valence-corrected chi connectivity index (χ0v) is 13.5. The summed E-state index contributed by atoms with van der Waals surface area (Å²) < 4.78 is 2.36. The van der Waals surface area contributed by atoms with Crippen LogP contribution in [0.25, 0.3) is 11.0 Å². The van der Waals surface area contributed by atoms with Crippen LogP contribution in [-0.2, 0) is 13.0 Å². The number of hydrogen-bond donors (Lipinski definition) is 0. The molecule has 1 fully saturated rings. The molecule has 20 heavy (non-hydrogen) atoms. The number of hydrogen-bond acceptors (Lipinski definition) is 1. The number of aromatic nitrogens is 2. The van der Waals surface area contributed by atoms with Crippen LogP contribution in [0, 0.1) is 11.3 Å². The molecule has 4 heteroatoms. The predicted octanol–water partition coefficient (Wildman–Crippen LogP) is 4.91. The molecule has 0 N–H and O–H groups in total. The number of nitrogens with zero attached hydrogens (tertiary/aromatic N) is 2. The van der Waals surface area contributed by atoms with E-state index in [-0.39, 0.29) is 0 Å². The highest BCUT2D eigenvalue weighted by Gasteiger charge is 2.45. The van der Waals surface area contributed by atoms with E-state index in [1.165, 1.54) is 18.4 Å². The van der Waals surface area contributed by atoms with Crippen LogP contribution in [0.5, 0.6) is 0 Å². The first-order valence-electron chi connectivity index (χ1n) is 7.26. The molecule has 0 atom stereocenters. The van der Waals surface area contributed by atoms with Gasteiger partial charge in [-0.3, -0.25) is 0 Å². The standard InChI is InChI=1S/C16H20Cl2N2/c1-11(2)16(6-7-16)10-20-14-4-3-12(18)9-13(14)19-15(20)5-8-17/h3-4,9,11H,5-8,10H2,1-2H3. The van der Waals surface area contributed by atoms with E-state index in [0.717, 1.165) is 29.3 Å². The van der Waals surface area contributed by atoms with E-state index in [0.29, 0.717) is 17.2 Å². The highest BCUT2D eigenvalue weighted by molar-refractivity contribution is 6.31. The summed E-state index contributed by atoms with van der Waals surface area (Å²) in [5.41, 5.74) is 2.62. The quantitative estimate of drug-likeness (QED) is 0.718. The molecule has 1 aromatic carbocycles. The predicted molar refractivity (Wildman–Crippen MR) is 85.7 cm³/mol. The third-order valence-corrected chi connectivity index (χ3v) is 5.12. The second-order valence-electron chi connectivity index (χ2n) is 6.20. The van der Waals surface area contributed by atoms with E-state index in [2.05, 4.69) is 24.5 Å². The average Bonchev–Trinajstić information content (AvgIpc) is 3.11. The van der Waals surface area contributed by atoms with Crippen molar-refractivity contribution in [1.29, 1.82) is 0 Å². The van der Waals surface area contributed by atoms with Gasteiger partial charge in [0, 0.05) is 23.9 Å². The maximum absolute atomic E-state index is 6.08. The van der Waals surface area contributed by atoms with Crippen LogP contribution in [0.3, 0.4) is 0 Å². The van der Waals surface area contributed by atoms with Gasteiger partial charge in [-0.2, -0.15) is 0 Å². The van der Waals surface area contributed by atoms with Gasteiger partial charge in [-0.15, -0.1) is 11.6 Å². The zero-order chi connectivity index (χ0) is 14.3. The van der Waals surface area contributed by atoms with Gasteiger partial charge in [-0.25, -0.2) is 4.98 Å². The molecule has 1 aliphatic carbocycles. The van der Waals surface area contributed by atoms with Crippen molar-refractivity contribution >= 4 is 34.2 Å². The Labute approximate surface area is 130 Å². The Kier molecular flexibility index (Phi) is 3.72. The summed E-state index contributed by atoms with van der Waals surface area (Å²) >= 11 is 12.0. The number of alkyl halides is 1. The van der Waals surface area contributed by atoms with Crippen molar-refractivity contribution < 1.29 is 0 Å². The fraction of sp³-hybridized carbons (Fsp3) is 0.562. The minimum Gasteiger partial charge on any atom is -0.327 e. The number of benzene rings is 1. The highest BCUT2D eigenvalue weighted by Crippen LogP contribution is 2.53. The molecule has 0 saturated heterocycles. The highest BCUT2D eigenvalue weighted by atomic mass is 35.5. The monoisotopic (exact) mass is 310 g/mol. The molecule has 1 heterocycles. The maximum atomic E-state index is 6.08. The Hall–Kier alpha value is -0.730. The van der Waals surface area contributed by atoms with E-state index < -0.39 is 0 Å². The van der Waals surface area contributed by atoms with Crippen LogP contribution in [0.1, 0.15) is 32.5 Å². The van der Waals surface area contributed by atoms with Crippen LogP contribution in [0.2, 0.25) is 5.02 Å². The fourth-order valence-electron chi connectivity index (χ4n) is 3.00. The third-order valence-electron chi connectivity index (χ3n) is 4.70. The van der Waals surface area contributed by atoms with Gasteiger partial charge in [0.05, 0.1) is 11.0 Å². The topological polar surface area (TPSA) is 17.8 Å². The van der Waals surface area contributed by atoms with Gasteiger partial charge in [0.1, 0.15) is 5.82 Å². The van der Waals surface area contributed by atoms with Crippen LogP contribution >= 0.6 is 23.2 Å². The van der Waals surface area contributed by atoms with Gasteiger partial charge in [-0.1, -0.05) is 25.4 Å². The number of rotatable bonds is 5. The minimum absolute atomic E-state index is 0.453. The fourth-order valence-corrected chi connectivity index (χ4v) is 3.33. The molecule has 108 valence electrons. The Morgan fingerprint density at radius 2 is 2.10 bits per heavy atom. The molecule has 0 radical (unpaired) electrons. The lowest BCUT2D eigenvalue weighted by Gasteiger charge is -2.22. The van der Waals surface area contributed by atoms with Gasteiger partial charge < -0.3 is 4.57 Å². The molecule has 2 aromatic rings. The van der Waals surface area contributed by atoms with Gasteiger partial charge in [0.25, 0.3) is 0 Å². The summed E-state index contributed by atoms with van der Waals surface area (Å²) in [5.74, 6) is 2.39. The Balaban J connectivity index is 2.05. The summed E-state index contributed by atoms with van der Waals surface area (Å²) in [5, 5.41) is 0.740. The first kappa shape index (κ1) is 14.2. The molecule has 2 nitrogen and oxygen atoms in total. The van der Waals surface area contributed by atoms with Crippen molar-refractivity contribution in [1.82, 2.24) is 9.55 Å². The van der Waals surface area contributed by atoms with Crippen molar-refractivity contribution in [3.63, 3.8) is 0 Å². The smallest absolute Gasteiger partial charge is 0.111 e. The molecular weight excluding hydrogens is 291 g/mol. The Bertz CT molecular complexity index is 627. The number of halogens is 2. The van der Waals surface area contributed by atoms with Gasteiger partial charge in [-0.05, 0) is 42.4 Å². The lowest BCUT2D eigenvalue weighted by molar-refractivity contribution is 0.309. The molecule has 3 rings (SSSR count). The van der Waals surface area contributed by atoms with Crippen molar-refractivity contribution in [2.45, 2.75) is 39.7 Å². The second kappa shape index (κ2) is 5.23. The molecule has 1 aliphatic rings. The number of fused-ring (bicyclic) bond motifs is 1. The minimum atomic E-state index is 0.453. The molecule has 1 saturated carbocycles. The lowest BCUT2D eigenvalue weighted by atomic mass is 9.92. The SMILES string of the molecule is CC(C)C1(Cn2c(CCCl)nc3cc(Cl)ccc32)CC1. The summed E-state index contributed by atoms with van der Waals surface area (Å²) in [7, 11) is 0.